The van der Waals surface area contributed by atoms with Crippen molar-refractivity contribution in [1.82, 2.24) is 4.98 Å². The van der Waals surface area contributed by atoms with Gasteiger partial charge in [0, 0.05) is 16.1 Å². The maximum atomic E-state index is 12.7. The van der Waals surface area contributed by atoms with Gasteiger partial charge < -0.3 is 23.9 Å². The number of Topliss-reactive ketones (excluding diaryl/α,β-unsaturated/α-hetero) is 1. The standard InChI is InChI=1S/C24H23NO7S/c1-4-29-24(28)22-13(2)21(14(3)25-22)16(26)12-32-23(27)20-8-7-19(33-20)15-5-6-17-18(11-15)31-10-9-30-17/h5-8,11,25H,4,9-10,12H2,1-3H3. The first-order chi connectivity index (χ1) is 15.9. The van der Waals surface area contributed by atoms with Gasteiger partial charge in [-0.1, -0.05) is 0 Å². The molecule has 1 N–H and O–H groups in total. The number of aryl methyl sites for hydroxylation is 1. The van der Waals surface area contributed by atoms with Crippen molar-refractivity contribution in [2.24, 2.45) is 0 Å². The number of thiophene rings is 1. The molecule has 0 bridgehead atoms. The Bertz CT molecular complexity index is 1220. The SMILES string of the molecule is CCOC(=O)c1[nH]c(C)c(C(=O)COC(=O)c2ccc(-c3ccc4c(c3)OCCO4)s2)c1C. The second-order valence-electron chi connectivity index (χ2n) is 7.37. The molecular weight excluding hydrogens is 446 g/mol. The summed E-state index contributed by atoms with van der Waals surface area (Å²) in [5, 5.41) is 0. The molecule has 3 aromatic rings. The van der Waals surface area contributed by atoms with Crippen LogP contribution in [0.2, 0.25) is 0 Å². The Balaban J connectivity index is 1.42. The lowest BCUT2D eigenvalue weighted by atomic mass is 10.1. The van der Waals surface area contributed by atoms with Crippen LogP contribution in [0.4, 0.5) is 0 Å². The predicted molar refractivity (Wildman–Crippen MR) is 122 cm³/mol. The molecule has 172 valence electrons. The summed E-state index contributed by atoms with van der Waals surface area (Å²) >= 11 is 1.26. The average molecular weight is 470 g/mol. The van der Waals surface area contributed by atoms with Crippen LogP contribution in [0.1, 0.15) is 48.7 Å². The molecule has 0 saturated carbocycles. The number of fused-ring (bicyclic) bond motifs is 1. The fourth-order valence-corrected chi connectivity index (χ4v) is 4.55. The van der Waals surface area contributed by atoms with Gasteiger partial charge in [0.2, 0.25) is 5.78 Å². The zero-order valence-electron chi connectivity index (χ0n) is 18.5. The number of hydrogen-bond donors (Lipinski definition) is 1. The van der Waals surface area contributed by atoms with Gasteiger partial charge in [0.1, 0.15) is 23.8 Å². The van der Waals surface area contributed by atoms with Crippen molar-refractivity contribution in [1.29, 1.82) is 0 Å². The maximum Gasteiger partial charge on any atom is 0.355 e. The molecule has 1 aliphatic heterocycles. The summed E-state index contributed by atoms with van der Waals surface area (Å²) in [6, 6.07) is 9.09. The van der Waals surface area contributed by atoms with Crippen LogP contribution in [0.15, 0.2) is 30.3 Å². The van der Waals surface area contributed by atoms with Crippen molar-refractivity contribution in [2.45, 2.75) is 20.8 Å². The molecule has 4 rings (SSSR count). The topological polar surface area (TPSA) is 104 Å². The van der Waals surface area contributed by atoms with Crippen LogP contribution in [0.5, 0.6) is 11.5 Å². The minimum absolute atomic E-state index is 0.228. The third kappa shape index (κ3) is 4.63. The number of esters is 2. The molecule has 0 amide bonds. The van der Waals surface area contributed by atoms with Crippen molar-refractivity contribution < 1.29 is 33.3 Å². The number of rotatable bonds is 7. The molecule has 2 aromatic heterocycles. The molecule has 1 aromatic carbocycles. The van der Waals surface area contributed by atoms with E-state index in [0.717, 1.165) is 10.4 Å². The summed E-state index contributed by atoms with van der Waals surface area (Å²) in [4.78, 5) is 41.4. The summed E-state index contributed by atoms with van der Waals surface area (Å²) < 4.78 is 21.4. The number of hydrogen-bond acceptors (Lipinski definition) is 8. The predicted octanol–water partition coefficient (Wildman–Crippen LogP) is 4.35. The van der Waals surface area contributed by atoms with Crippen LogP contribution in [0, 0.1) is 13.8 Å². The van der Waals surface area contributed by atoms with E-state index in [-0.39, 0.29) is 12.3 Å². The van der Waals surface area contributed by atoms with Crippen molar-refractivity contribution in [3.05, 3.63) is 57.7 Å². The molecule has 1 aliphatic rings. The van der Waals surface area contributed by atoms with E-state index in [1.54, 1.807) is 26.8 Å². The summed E-state index contributed by atoms with van der Waals surface area (Å²) in [5.41, 5.74) is 2.45. The van der Waals surface area contributed by atoms with Crippen LogP contribution < -0.4 is 9.47 Å². The summed E-state index contributed by atoms with van der Waals surface area (Å²) in [6.45, 7) is 5.86. The quantitative estimate of drug-likeness (QED) is 0.405. The highest BCUT2D eigenvalue weighted by atomic mass is 32.1. The summed E-state index contributed by atoms with van der Waals surface area (Å²) in [7, 11) is 0. The third-order valence-corrected chi connectivity index (χ3v) is 6.28. The zero-order valence-corrected chi connectivity index (χ0v) is 19.3. The fraction of sp³-hybridized carbons (Fsp3) is 0.292. The molecule has 0 saturated heterocycles. The Kier molecular flexibility index (Phi) is 6.50. The molecule has 0 aliphatic carbocycles. The number of carbonyl (C=O) groups excluding carboxylic acids is 3. The van der Waals surface area contributed by atoms with Gasteiger partial charge in [-0.2, -0.15) is 0 Å². The lowest BCUT2D eigenvalue weighted by molar-refractivity contribution is 0.0477. The molecule has 0 atom stereocenters. The second kappa shape index (κ2) is 9.50. The van der Waals surface area contributed by atoms with Crippen LogP contribution in [0.25, 0.3) is 10.4 Å². The van der Waals surface area contributed by atoms with Gasteiger partial charge >= 0.3 is 11.9 Å². The van der Waals surface area contributed by atoms with Gasteiger partial charge in [0.15, 0.2) is 18.1 Å². The van der Waals surface area contributed by atoms with Gasteiger partial charge in [-0.3, -0.25) is 4.79 Å². The third-order valence-electron chi connectivity index (χ3n) is 5.16. The molecule has 0 fully saturated rings. The highest BCUT2D eigenvalue weighted by Gasteiger charge is 2.24. The van der Waals surface area contributed by atoms with Gasteiger partial charge in [-0.05, 0) is 62.2 Å². The molecular formula is C24H23NO7S. The van der Waals surface area contributed by atoms with E-state index in [2.05, 4.69) is 4.98 Å². The number of nitrogens with one attached hydrogen (secondary N) is 1. The Hall–Kier alpha value is -3.59. The Morgan fingerprint density at radius 3 is 2.52 bits per heavy atom. The van der Waals surface area contributed by atoms with E-state index < -0.39 is 24.3 Å². The summed E-state index contributed by atoms with van der Waals surface area (Å²) in [6.07, 6.45) is 0. The lowest BCUT2D eigenvalue weighted by Crippen LogP contribution is -2.15. The van der Waals surface area contributed by atoms with Crippen molar-refractivity contribution >= 4 is 29.1 Å². The highest BCUT2D eigenvalue weighted by Crippen LogP contribution is 2.37. The molecule has 33 heavy (non-hydrogen) atoms. The van der Waals surface area contributed by atoms with Crippen LogP contribution >= 0.6 is 11.3 Å². The van der Waals surface area contributed by atoms with Gasteiger partial charge in [0.05, 0.1) is 6.61 Å². The number of ether oxygens (including phenoxy) is 4. The maximum absolute atomic E-state index is 12.7. The van der Waals surface area contributed by atoms with Crippen LogP contribution in [0.3, 0.4) is 0 Å². The van der Waals surface area contributed by atoms with E-state index in [4.69, 9.17) is 18.9 Å². The number of benzene rings is 1. The van der Waals surface area contributed by atoms with Crippen LogP contribution in [-0.2, 0) is 9.47 Å². The first-order valence-electron chi connectivity index (χ1n) is 10.5. The van der Waals surface area contributed by atoms with Crippen LogP contribution in [-0.4, -0.2) is 49.1 Å². The Morgan fingerprint density at radius 1 is 1.00 bits per heavy atom. The van der Waals surface area contributed by atoms with E-state index in [9.17, 15) is 14.4 Å². The van der Waals surface area contributed by atoms with E-state index >= 15 is 0 Å². The zero-order chi connectivity index (χ0) is 23.5. The van der Waals surface area contributed by atoms with Gasteiger partial charge in [-0.15, -0.1) is 11.3 Å². The molecule has 3 heterocycles. The Labute approximate surface area is 194 Å². The average Bonchev–Trinajstić information content (AvgIpc) is 3.42. The minimum atomic E-state index is -0.589. The molecule has 0 unspecified atom stereocenters. The molecule has 8 nitrogen and oxygen atoms in total. The van der Waals surface area contributed by atoms with Crippen molar-refractivity contribution in [2.75, 3.05) is 26.4 Å². The number of ketones is 1. The molecule has 0 spiro atoms. The second-order valence-corrected chi connectivity index (χ2v) is 8.45. The normalized spacial score (nSPS) is 12.3. The summed E-state index contributed by atoms with van der Waals surface area (Å²) in [5.74, 6) is -0.149. The van der Waals surface area contributed by atoms with Crippen molar-refractivity contribution in [3.63, 3.8) is 0 Å². The van der Waals surface area contributed by atoms with Gasteiger partial charge in [-0.25, -0.2) is 9.59 Å². The minimum Gasteiger partial charge on any atom is -0.486 e. The fourth-order valence-electron chi connectivity index (χ4n) is 3.65. The largest absolute Gasteiger partial charge is 0.486 e. The number of aromatic amines is 1. The van der Waals surface area contributed by atoms with Crippen molar-refractivity contribution in [3.8, 4) is 21.9 Å². The van der Waals surface area contributed by atoms with E-state index in [1.165, 1.54) is 11.3 Å². The molecule has 9 heteroatoms. The lowest BCUT2D eigenvalue weighted by Gasteiger charge is -2.18. The molecule has 0 radical (unpaired) electrons. The smallest absolute Gasteiger partial charge is 0.355 e. The van der Waals surface area contributed by atoms with E-state index in [0.29, 0.717) is 46.4 Å². The highest BCUT2D eigenvalue weighted by molar-refractivity contribution is 7.17. The first-order valence-corrected chi connectivity index (χ1v) is 11.3. The Morgan fingerprint density at radius 2 is 1.76 bits per heavy atom. The monoisotopic (exact) mass is 469 g/mol. The number of H-pyrrole nitrogens is 1. The van der Waals surface area contributed by atoms with Gasteiger partial charge in [0.25, 0.3) is 0 Å². The van der Waals surface area contributed by atoms with E-state index in [1.807, 2.05) is 24.3 Å². The first kappa shape index (κ1) is 22.6. The number of carbonyl (C=O) groups is 3. The number of aromatic nitrogens is 1.